The minimum atomic E-state index is -3.91. The molecule has 28 heavy (non-hydrogen) atoms. The number of nitrogens with one attached hydrogen (secondary N) is 2. The first-order valence-electron chi connectivity index (χ1n) is 8.41. The summed E-state index contributed by atoms with van der Waals surface area (Å²) in [5, 5.41) is 3.02. The molecule has 0 radical (unpaired) electrons. The molecule has 1 aromatic carbocycles. The lowest BCUT2D eigenvalue weighted by atomic mass is 10.3. The van der Waals surface area contributed by atoms with Crippen LogP contribution in [0.3, 0.4) is 0 Å². The summed E-state index contributed by atoms with van der Waals surface area (Å²) in [6, 6.07) is 7.16. The highest BCUT2D eigenvalue weighted by atomic mass is 32.2. The number of allylic oxidation sites excluding steroid dienone is 7. The van der Waals surface area contributed by atoms with Crippen LogP contribution in [0.1, 0.15) is 6.92 Å². The van der Waals surface area contributed by atoms with E-state index >= 15 is 0 Å². The molecule has 0 atom stereocenters. The second-order valence-corrected chi connectivity index (χ2v) is 7.29. The molecule has 6 nitrogen and oxygen atoms in total. The van der Waals surface area contributed by atoms with Crippen molar-refractivity contribution in [3.05, 3.63) is 97.1 Å². The third-order valence-electron chi connectivity index (χ3n) is 3.51. The third kappa shape index (κ3) is 5.28. The number of fused-ring (bicyclic) bond motifs is 1. The summed E-state index contributed by atoms with van der Waals surface area (Å²) in [4.78, 5) is 8.79. The highest BCUT2D eigenvalue weighted by Crippen LogP contribution is 2.25. The Kier molecular flexibility index (Phi) is 7.06. The molecule has 0 unspecified atom stereocenters. The lowest BCUT2D eigenvalue weighted by Gasteiger charge is -2.14. The molecule has 0 spiro atoms. The minimum absolute atomic E-state index is 0.0519. The van der Waals surface area contributed by atoms with E-state index in [-0.39, 0.29) is 16.5 Å². The van der Waals surface area contributed by atoms with Crippen molar-refractivity contribution in [2.24, 2.45) is 0 Å². The standard InChI is InChI=1S/C21H22N4O2S/c1-5-8-9-13-16(4)28(26,27)25-21-20(22-17(7-3)12-6-2)23-18-14-10-11-15-19(18)24-21/h5-15H,2-4H2,1H3,(H,22,23)(H,24,25)/b8-5-,13-9-,17-12+. The molecule has 0 aliphatic heterocycles. The van der Waals surface area contributed by atoms with Gasteiger partial charge in [0.05, 0.1) is 15.9 Å². The molecule has 1 heterocycles. The van der Waals surface area contributed by atoms with Crippen LogP contribution in [0, 0.1) is 0 Å². The van der Waals surface area contributed by atoms with E-state index in [2.05, 4.69) is 39.7 Å². The first kappa shape index (κ1) is 20.9. The number of benzene rings is 1. The third-order valence-corrected chi connectivity index (χ3v) is 4.80. The summed E-state index contributed by atoms with van der Waals surface area (Å²) < 4.78 is 27.7. The molecule has 2 aromatic rings. The van der Waals surface area contributed by atoms with Gasteiger partial charge in [-0.2, -0.15) is 0 Å². The Balaban J connectivity index is 2.50. The Morgan fingerprint density at radius 3 is 2.29 bits per heavy atom. The van der Waals surface area contributed by atoms with Crippen LogP contribution in [0.15, 0.2) is 97.1 Å². The molecule has 144 valence electrons. The van der Waals surface area contributed by atoms with Crippen molar-refractivity contribution in [3.8, 4) is 0 Å². The second kappa shape index (κ2) is 9.48. The lowest BCUT2D eigenvalue weighted by molar-refractivity contribution is 0.607. The largest absolute Gasteiger partial charge is 0.337 e. The predicted molar refractivity (Wildman–Crippen MR) is 117 cm³/mol. The van der Waals surface area contributed by atoms with E-state index in [9.17, 15) is 8.42 Å². The first-order valence-corrected chi connectivity index (χ1v) is 9.89. The molecule has 0 aliphatic rings. The van der Waals surface area contributed by atoms with Gasteiger partial charge >= 0.3 is 0 Å². The van der Waals surface area contributed by atoms with E-state index in [0.29, 0.717) is 16.7 Å². The average molecular weight is 395 g/mol. The SMILES string of the molecule is C=C/C=C(\C=C)Nc1nc2ccccc2nc1NS(=O)(=O)C(=C)/C=C\C=C/C. The number of anilines is 2. The van der Waals surface area contributed by atoms with Crippen LogP contribution in [0.4, 0.5) is 11.6 Å². The van der Waals surface area contributed by atoms with Gasteiger partial charge in [-0.15, -0.1) is 0 Å². The van der Waals surface area contributed by atoms with Gasteiger partial charge in [0, 0.05) is 5.70 Å². The van der Waals surface area contributed by atoms with Crippen molar-refractivity contribution in [2.45, 2.75) is 6.92 Å². The van der Waals surface area contributed by atoms with Gasteiger partial charge in [-0.1, -0.05) is 56.2 Å². The van der Waals surface area contributed by atoms with Crippen LogP contribution < -0.4 is 10.0 Å². The smallest absolute Gasteiger partial charge is 0.262 e. The quantitative estimate of drug-likeness (QED) is 0.603. The molecule has 0 saturated heterocycles. The summed E-state index contributed by atoms with van der Waals surface area (Å²) in [6.07, 6.45) is 11.3. The summed E-state index contributed by atoms with van der Waals surface area (Å²) >= 11 is 0. The van der Waals surface area contributed by atoms with E-state index in [1.165, 1.54) is 6.08 Å². The second-order valence-electron chi connectivity index (χ2n) is 5.55. The fraction of sp³-hybridized carbons (Fsp3) is 0.0476. The van der Waals surface area contributed by atoms with Gasteiger partial charge in [0.25, 0.3) is 10.0 Å². The summed E-state index contributed by atoms with van der Waals surface area (Å²) in [5.41, 5.74) is 1.75. The summed E-state index contributed by atoms with van der Waals surface area (Å²) in [7, 11) is -3.91. The monoisotopic (exact) mass is 394 g/mol. The maximum Gasteiger partial charge on any atom is 0.262 e. The van der Waals surface area contributed by atoms with Crippen molar-refractivity contribution in [1.29, 1.82) is 0 Å². The van der Waals surface area contributed by atoms with Gasteiger partial charge < -0.3 is 5.32 Å². The van der Waals surface area contributed by atoms with Crippen LogP contribution in [0.25, 0.3) is 11.0 Å². The predicted octanol–water partition coefficient (Wildman–Crippen LogP) is 4.69. The molecule has 7 heteroatoms. The molecule has 0 amide bonds. The summed E-state index contributed by atoms with van der Waals surface area (Å²) in [6.45, 7) is 12.8. The van der Waals surface area contributed by atoms with Gasteiger partial charge in [0.1, 0.15) is 0 Å². The maximum absolute atomic E-state index is 12.6. The van der Waals surface area contributed by atoms with Gasteiger partial charge in [-0.05, 0) is 37.3 Å². The number of hydrogen-bond acceptors (Lipinski definition) is 5. The molecule has 0 fully saturated rings. The van der Waals surface area contributed by atoms with Crippen LogP contribution in [0.2, 0.25) is 0 Å². The Hall–Kier alpha value is -3.45. The summed E-state index contributed by atoms with van der Waals surface area (Å²) in [5.74, 6) is 0.289. The van der Waals surface area contributed by atoms with Crippen molar-refractivity contribution < 1.29 is 8.42 Å². The van der Waals surface area contributed by atoms with E-state index in [0.717, 1.165) is 0 Å². The van der Waals surface area contributed by atoms with Crippen molar-refractivity contribution in [2.75, 3.05) is 10.0 Å². The average Bonchev–Trinajstić information content (AvgIpc) is 2.67. The highest BCUT2D eigenvalue weighted by molar-refractivity contribution is 7.96. The van der Waals surface area contributed by atoms with Crippen LogP contribution >= 0.6 is 0 Å². The topological polar surface area (TPSA) is 84.0 Å². The van der Waals surface area contributed by atoms with Crippen LogP contribution in [-0.2, 0) is 10.0 Å². The van der Waals surface area contributed by atoms with Gasteiger partial charge in [0.15, 0.2) is 11.6 Å². The Labute approximate surface area is 165 Å². The molecule has 1 aromatic heterocycles. The minimum Gasteiger partial charge on any atom is -0.337 e. The molecule has 0 bridgehead atoms. The molecule has 0 saturated carbocycles. The normalized spacial score (nSPS) is 12.4. The zero-order chi connectivity index (χ0) is 20.6. The van der Waals surface area contributed by atoms with E-state index < -0.39 is 10.0 Å². The zero-order valence-corrected chi connectivity index (χ0v) is 16.4. The van der Waals surface area contributed by atoms with Gasteiger partial charge in [0.2, 0.25) is 0 Å². The lowest BCUT2D eigenvalue weighted by Crippen LogP contribution is -2.17. The number of aromatic nitrogens is 2. The molecular formula is C21H22N4O2S. The number of hydrogen-bond donors (Lipinski definition) is 2. The van der Waals surface area contributed by atoms with E-state index in [4.69, 9.17) is 0 Å². The van der Waals surface area contributed by atoms with E-state index in [1.54, 1.807) is 54.7 Å². The number of rotatable bonds is 9. The van der Waals surface area contributed by atoms with Crippen molar-refractivity contribution in [3.63, 3.8) is 0 Å². The highest BCUT2D eigenvalue weighted by Gasteiger charge is 2.18. The Morgan fingerprint density at radius 2 is 1.71 bits per heavy atom. The number of nitrogens with zero attached hydrogens (tertiary/aromatic N) is 2. The Bertz CT molecular complexity index is 1100. The van der Waals surface area contributed by atoms with Crippen molar-refractivity contribution >= 4 is 32.7 Å². The van der Waals surface area contributed by atoms with Crippen LogP contribution in [-0.4, -0.2) is 18.4 Å². The zero-order valence-electron chi connectivity index (χ0n) is 15.6. The van der Waals surface area contributed by atoms with E-state index in [1.807, 2.05) is 13.0 Å². The fourth-order valence-electron chi connectivity index (χ4n) is 2.14. The number of sulfonamides is 1. The number of para-hydroxylation sites is 2. The molecule has 0 aliphatic carbocycles. The van der Waals surface area contributed by atoms with Crippen molar-refractivity contribution in [1.82, 2.24) is 9.97 Å². The van der Waals surface area contributed by atoms with Gasteiger partial charge in [-0.25, -0.2) is 18.4 Å². The fourth-order valence-corrected chi connectivity index (χ4v) is 2.92. The molecule has 2 rings (SSSR count). The molecule has 2 N–H and O–H groups in total. The van der Waals surface area contributed by atoms with Gasteiger partial charge in [-0.3, -0.25) is 4.72 Å². The maximum atomic E-state index is 12.6. The molecular weight excluding hydrogens is 372 g/mol. The van der Waals surface area contributed by atoms with Crippen LogP contribution in [0.5, 0.6) is 0 Å². The first-order chi connectivity index (χ1) is 13.4. The Morgan fingerprint density at radius 1 is 1.07 bits per heavy atom.